The van der Waals surface area contributed by atoms with Gasteiger partial charge in [0.15, 0.2) is 0 Å². The smallest absolute Gasteiger partial charge is 0.379 e. The number of phosphoric ester groups is 1. The molecule has 3 fully saturated rings. The molecule has 236 valence electrons. The van der Waals surface area contributed by atoms with Crippen molar-refractivity contribution in [2.75, 3.05) is 19.8 Å². The molecular weight excluding hydrogens is 595 g/mol. The van der Waals surface area contributed by atoms with Crippen LogP contribution < -0.4 is 0 Å². The Bertz CT molecular complexity index is 954. The molecule has 18 heteroatoms. The summed E-state index contributed by atoms with van der Waals surface area (Å²) in [5.74, 6) is 0. The van der Waals surface area contributed by atoms with E-state index >= 15 is 0 Å². The highest BCUT2D eigenvalue weighted by molar-refractivity contribution is 8.44. The standard InChI is InChI=1S/C23H47B3O12P2S/c1-22(2,3)30-10-16-14(8-20(25)33-16)37-39(27,28)31-11-18-15(9-21(26)35-18)38-40(29,41)32-12-17-13(7-19(24)34-17)36-23(4,5)6/h13-21H,7-12,24-26H2,1-6H3,(H,27,28)(H,29,41)/t13?,14?,15?,16-,17?,18-,19-,20-,21?,40+/m1/s1. The van der Waals surface area contributed by atoms with Gasteiger partial charge in [0, 0.05) is 18.0 Å². The number of phosphoric acid groups is 1. The first-order valence-corrected chi connectivity index (χ1v) is 18.5. The van der Waals surface area contributed by atoms with E-state index in [0.717, 1.165) is 0 Å². The van der Waals surface area contributed by atoms with E-state index in [1.165, 1.54) is 0 Å². The van der Waals surface area contributed by atoms with Crippen molar-refractivity contribution in [1.82, 2.24) is 0 Å². The third kappa shape index (κ3) is 12.5. The maximum Gasteiger partial charge on any atom is 0.472 e. The van der Waals surface area contributed by atoms with Gasteiger partial charge in [-0.25, -0.2) is 9.13 Å². The molecule has 0 aliphatic carbocycles. The fraction of sp³-hybridized carbons (Fsp3) is 1.00. The minimum atomic E-state index is -4.50. The second kappa shape index (κ2) is 14.4. The summed E-state index contributed by atoms with van der Waals surface area (Å²) < 4.78 is 77.6. The van der Waals surface area contributed by atoms with Gasteiger partial charge >= 0.3 is 14.6 Å². The van der Waals surface area contributed by atoms with Gasteiger partial charge < -0.3 is 28.6 Å². The lowest BCUT2D eigenvalue weighted by atomic mass is 9.96. The fourth-order valence-corrected chi connectivity index (χ4v) is 7.56. The van der Waals surface area contributed by atoms with E-state index in [0.29, 0.717) is 19.3 Å². The quantitative estimate of drug-likeness (QED) is 0.170. The summed E-state index contributed by atoms with van der Waals surface area (Å²) >= 11 is 4.17. The van der Waals surface area contributed by atoms with Gasteiger partial charge in [0.25, 0.3) is 0 Å². The molecule has 11 atom stereocenters. The van der Waals surface area contributed by atoms with Gasteiger partial charge in [-0.2, -0.15) is 0 Å². The van der Waals surface area contributed by atoms with Crippen molar-refractivity contribution < 1.29 is 55.8 Å². The van der Waals surface area contributed by atoms with Gasteiger partial charge in [0.1, 0.15) is 41.9 Å². The van der Waals surface area contributed by atoms with Crippen molar-refractivity contribution in [2.45, 2.75) is 127 Å². The molecule has 0 aromatic carbocycles. The highest BCUT2D eigenvalue weighted by Crippen LogP contribution is 2.56. The molecule has 1 N–H and O–H groups in total. The Morgan fingerprint density at radius 2 is 1.17 bits per heavy atom. The van der Waals surface area contributed by atoms with Crippen LogP contribution >= 0.6 is 26.9 Å². The van der Waals surface area contributed by atoms with Crippen molar-refractivity contribution in [2.24, 2.45) is 0 Å². The molecule has 0 radical (unpaired) electrons. The van der Waals surface area contributed by atoms with Gasteiger partial charge in [-0.1, -0.05) is 12.2 Å². The normalized spacial score (nSPS) is 37.7. The molecule has 3 heterocycles. The van der Waals surface area contributed by atoms with Crippen LogP contribution in [-0.4, -0.2) is 114 Å². The van der Waals surface area contributed by atoms with Crippen LogP contribution in [0.4, 0.5) is 0 Å². The third-order valence-corrected chi connectivity index (χ3v) is 9.34. The Morgan fingerprint density at radius 3 is 1.68 bits per heavy atom. The van der Waals surface area contributed by atoms with Gasteiger partial charge in [-0.15, -0.1) is 0 Å². The summed E-state index contributed by atoms with van der Waals surface area (Å²) in [7, 11) is 1.12. The fourth-order valence-electron chi connectivity index (χ4n) is 5.07. The summed E-state index contributed by atoms with van der Waals surface area (Å²) in [5, 5.41) is 0. The Hall–Kier alpha value is 0.605. The molecule has 41 heavy (non-hydrogen) atoms. The monoisotopic (exact) mass is 642 g/mol. The van der Waals surface area contributed by atoms with Gasteiger partial charge in [0.05, 0.1) is 49.3 Å². The Morgan fingerprint density at radius 1 is 0.732 bits per heavy atom. The topological polar surface area (TPSA) is 137 Å². The van der Waals surface area contributed by atoms with Crippen molar-refractivity contribution in [3.8, 4) is 0 Å². The van der Waals surface area contributed by atoms with E-state index in [1.54, 1.807) is 0 Å². The second-order valence-electron chi connectivity index (χ2n) is 13.2. The van der Waals surface area contributed by atoms with Crippen LogP contribution in [0.15, 0.2) is 0 Å². The zero-order valence-electron chi connectivity index (χ0n) is 25.7. The van der Waals surface area contributed by atoms with Crippen molar-refractivity contribution in [1.29, 1.82) is 0 Å². The number of hydrogen-bond acceptors (Lipinski definition) is 11. The summed E-state index contributed by atoms with van der Waals surface area (Å²) in [6.07, 6.45) is -1.92. The van der Waals surface area contributed by atoms with E-state index in [9.17, 15) is 14.0 Å². The molecule has 0 aromatic rings. The number of thiol groups is 1. The number of rotatable bonds is 13. The highest BCUT2D eigenvalue weighted by Gasteiger charge is 2.44. The van der Waals surface area contributed by atoms with Crippen LogP contribution in [0.2, 0.25) is 0 Å². The molecule has 3 saturated heterocycles. The molecule has 0 aromatic heterocycles. The number of hydrogen-bond donors (Lipinski definition) is 2. The minimum Gasteiger partial charge on any atom is -0.379 e. The van der Waals surface area contributed by atoms with E-state index < -0.39 is 50.7 Å². The predicted octanol–water partition coefficient (Wildman–Crippen LogP) is 1.17. The SMILES string of the molecule is BC1CC(O[P@@](=O)(S)OCC2O[C@@H](B)CC2OC(C)(C)C)[C@@H](COP(=O)(O)OC2C[C@H](B)O[C@@H]2COC(C)(C)C)O1. The molecule has 6 unspecified atom stereocenters. The minimum absolute atomic E-state index is 0.0292. The third-order valence-electron chi connectivity index (χ3n) is 6.68. The molecule has 3 aliphatic heterocycles. The molecule has 3 aliphatic rings. The Balaban J connectivity index is 1.52. The molecule has 0 spiro atoms. The lowest BCUT2D eigenvalue weighted by molar-refractivity contribution is -0.0975. The number of ether oxygens (including phenoxy) is 5. The van der Waals surface area contributed by atoms with E-state index in [1.807, 2.05) is 65.1 Å². The lowest BCUT2D eigenvalue weighted by Gasteiger charge is -2.29. The Labute approximate surface area is 252 Å². The highest BCUT2D eigenvalue weighted by atomic mass is 32.7. The Kier molecular flexibility index (Phi) is 12.6. The first kappa shape index (κ1) is 36.1. The van der Waals surface area contributed by atoms with Crippen LogP contribution in [-0.2, 0) is 50.9 Å². The summed E-state index contributed by atoms with van der Waals surface area (Å²) in [5.41, 5.74) is -0.771. The largest absolute Gasteiger partial charge is 0.472 e. The summed E-state index contributed by atoms with van der Waals surface area (Å²) in [6.45, 7) is 7.63. The van der Waals surface area contributed by atoms with Crippen molar-refractivity contribution in [3.63, 3.8) is 0 Å². The van der Waals surface area contributed by atoms with Gasteiger partial charge in [-0.3, -0.25) is 18.1 Å². The summed E-state index contributed by atoms with van der Waals surface area (Å²) in [6, 6.07) is -0.464. The van der Waals surface area contributed by atoms with E-state index in [-0.39, 0.29) is 49.5 Å². The van der Waals surface area contributed by atoms with Gasteiger partial charge in [-0.05, 0) is 60.8 Å². The maximum absolute atomic E-state index is 13.2. The molecule has 0 saturated carbocycles. The van der Waals surface area contributed by atoms with Crippen LogP contribution in [0.1, 0.15) is 60.8 Å². The first-order chi connectivity index (χ1) is 18.7. The van der Waals surface area contributed by atoms with Crippen LogP contribution in [0, 0.1) is 0 Å². The molecule has 12 nitrogen and oxygen atoms in total. The van der Waals surface area contributed by atoms with Crippen molar-refractivity contribution >= 4 is 50.4 Å². The van der Waals surface area contributed by atoms with Crippen LogP contribution in [0.25, 0.3) is 0 Å². The molecule has 0 amide bonds. The average molecular weight is 642 g/mol. The van der Waals surface area contributed by atoms with Crippen LogP contribution in [0.3, 0.4) is 0 Å². The average Bonchev–Trinajstić information content (AvgIpc) is 3.43. The zero-order chi connectivity index (χ0) is 30.8. The van der Waals surface area contributed by atoms with Gasteiger partial charge in [0.2, 0.25) is 0 Å². The molecule has 3 rings (SSSR count). The lowest BCUT2D eigenvalue weighted by Crippen LogP contribution is -2.35. The first-order valence-electron chi connectivity index (χ1n) is 14.3. The van der Waals surface area contributed by atoms with E-state index in [4.69, 9.17) is 41.8 Å². The zero-order valence-corrected chi connectivity index (χ0v) is 28.4. The maximum atomic E-state index is 13.2. The predicted molar refractivity (Wildman–Crippen MR) is 164 cm³/mol. The molecule has 0 bridgehead atoms. The van der Waals surface area contributed by atoms with Crippen LogP contribution in [0.5, 0.6) is 0 Å². The van der Waals surface area contributed by atoms with Crippen molar-refractivity contribution in [3.05, 3.63) is 0 Å². The second-order valence-corrected chi connectivity index (χ2v) is 17.5. The summed E-state index contributed by atoms with van der Waals surface area (Å²) in [4.78, 5) is 10.5. The van der Waals surface area contributed by atoms with E-state index in [2.05, 4.69) is 12.2 Å². The molecular formula is C23H47B3O12P2S.